The Morgan fingerprint density at radius 2 is 2.10 bits per heavy atom. The predicted molar refractivity (Wildman–Crippen MR) is 89.8 cm³/mol. The fourth-order valence-corrected chi connectivity index (χ4v) is 4.26. The van der Waals surface area contributed by atoms with Gasteiger partial charge >= 0.3 is 0 Å². The van der Waals surface area contributed by atoms with E-state index in [1.165, 1.54) is 51.7 Å². The number of nitrogens with one attached hydrogen (secondary N) is 1. The smallest absolute Gasteiger partial charge is 0.00762 e. The Morgan fingerprint density at radius 1 is 1.24 bits per heavy atom. The van der Waals surface area contributed by atoms with Crippen molar-refractivity contribution in [2.45, 2.75) is 51.0 Å². The highest BCUT2D eigenvalue weighted by Gasteiger charge is 2.27. The number of fused-ring (bicyclic) bond motifs is 1. The van der Waals surface area contributed by atoms with Crippen LogP contribution in [-0.4, -0.2) is 37.6 Å². The van der Waals surface area contributed by atoms with Gasteiger partial charge in [-0.2, -0.15) is 0 Å². The molecule has 0 amide bonds. The number of nitrogens with zero attached hydrogens (tertiary/aromatic N) is 1. The summed E-state index contributed by atoms with van der Waals surface area (Å²) in [4.78, 5) is 2.73. The molecule has 116 valence electrons. The SMILES string of the molecule is CNC(C)C1CCCN(CC2CCCc3ccccc32)C1. The first kappa shape index (κ1) is 15.1. The summed E-state index contributed by atoms with van der Waals surface area (Å²) in [5.41, 5.74) is 3.23. The van der Waals surface area contributed by atoms with Gasteiger partial charge in [0.1, 0.15) is 0 Å². The van der Waals surface area contributed by atoms with Crippen LogP contribution in [0.1, 0.15) is 49.7 Å². The average molecular weight is 286 g/mol. The van der Waals surface area contributed by atoms with Crippen LogP contribution in [0, 0.1) is 5.92 Å². The predicted octanol–water partition coefficient (Wildman–Crippen LogP) is 3.43. The minimum atomic E-state index is 0.645. The molecule has 0 saturated carbocycles. The van der Waals surface area contributed by atoms with Crippen LogP contribution >= 0.6 is 0 Å². The van der Waals surface area contributed by atoms with Crippen molar-refractivity contribution in [3.63, 3.8) is 0 Å². The molecule has 2 nitrogen and oxygen atoms in total. The maximum atomic E-state index is 3.45. The Kier molecular flexibility index (Phi) is 4.97. The zero-order chi connectivity index (χ0) is 14.7. The summed E-state index contributed by atoms with van der Waals surface area (Å²) < 4.78 is 0. The molecule has 1 aromatic rings. The van der Waals surface area contributed by atoms with Gasteiger partial charge in [0.15, 0.2) is 0 Å². The van der Waals surface area contributed by atoms with Gasteiger partial charge in [0.25, 0.3) is 0 Å². The number of hydrogen-bond donors (Lipinski definition) is 1. The minimum absolute atomic E-state index is 0.645. The van der Waals surface area contributed by atoms with Gasteiger partial charge in [-0.05, 0) is 75.6 Å². The van der Waals surface area contributed by atoms with Crippen molar-refractivity contribution in [2.24, 2.45) is 5.92 Å². The first-order valence-corrected chi connectivity index (χ1v) is 8.75. The molecule has 0 radical (unpaired) electrons. The monoisotopic (exact) mass is 286 g/mol. The summed E-state index contributed by atoms with van der Waals surface area (Å²) in [5.74, 6) is 1.58. The summed E-state index contributed by atoms with van der Waals surface area (Å²) in [7, 11) is 2.10. The van der Waals surface area contributed by atoms with Gasteiger partial charge in [-0.15, -0.1) is 0 Å². The second-order valence-corrected chi connectivity index (χ2v) is 7.03. The molecule has 1 N–H and O–H groups in total. The number of hydrogen-bond acceptors (Lipinski definition) is 2. The maximum absolute atomic E-state index is 3.45. The number of aryl methyl sites for hydroxylation is 1. The lowest BCUT2D eigenvalue weighted by atomic mass is 9.82. The molecule has 1 aliphatic heterocycles. The van der Waals surface area contributed by atoms with Gasteiger partial charge in [-0.1, -0.05) is 24.3 Å². The van der Waals surface area contributed by atoms with Crippen molar-refractivity contribution in [2.75, 3.05) is 26.7 Å². The van der Waals surface area contributed by atoms with E-state index in [0.29, 0.717) is 6.04 Å². The molecule has 1 aromatic carbocycles. The van der Waals surface area contributed by atoms with Crippen molar-refractivity contribution in [3.05, 3.63) is 35.4 Å². The second kappa shape index (κ2) is 6.93. The lowest BCUT2D eigenvalue weighted by Crippen LogP contribution is -2.44. The van der Waals surface area contributed by atoms with Gasteiger partial charge < -0.3 is 10.2 Å². The summed E-state index contributed by atoms with van der Waals surface area (Å²) in [5, 5.41) is 3.45. The van der Waals surface area contributed by atoms with E-state index in [2.05, 4.69) is 48.5 Å². The normalized spacial score (nSPS) is 28.1. The first-order chi connectivity index (χ1) is 10.3. The Bertz CT molecular complexity index is 457. The number of likely N-dealkylation sites (tertiary alicyclic amines) is 1. The summed E-state index contributed by atoms with van der Waals surface area (Å²) in [6, 6.07) is 9.78. The molecule has 3 unspecified atom stereocenters. The van der Waals surface area contributed by atoms with Gasteiger partial charge in [0, 0.05) is 19.1 Å². The topological polar surface area (TPSA) is 15.3 Å². The molecule has 21 heavy (non-hydrogen) atoms. The number of benzene rings is 1. The fraction of sp³-hybridized carbons (Fsp3) is 0.684. The molecule has 1 fully saturated rings. The van der Waals surface area contributed by atoms with Crippen LogP contribution in [0.2, 0.25) is 0 Å². The molecule has 1 aliphatic carbocycles. The van der Waals surface area contributed by atoms with Crippen LogP contribution in [0.5, 0.6) is 0 Å². The van der Waals surface area contributed by atoms with Crippen LogP contribution in [0.15, 0.2) is 24.3 Å². The van der Waals surface area contributed by atoms with Gasteiger partial charge in [-0.25, -0.2) is 0 Å². The standard InChI is InChI=1S/C19H30N2/c1-15(20-2)17-10-6-12-21(13-17)14-18-9-5-8-16-7-3-4-11-19(16)18/h3-4,7,11,15,17-18,20H,5-6,8-10,12-14H2,1-2H3. The Hall–Kier alpha value is -0.860. The van der Waals surface area contributed by atoms with Crippen molar-refractivity contribution in [1.29, 1.82) is 0 Å². The lowest BCUT2D eigenvalue weighted by molar-refractivity contribution is 0.143. The van der Waals surface area contributed by atoms with Gasteiger partial charge in [0.05, 0.1) is 0 Å². The van der Waals surface area contributed by atoms with E-state index in [0.717, 1.165) is 11.8 Å². The van der Waals surface area contributed by atoms with E-state index in [4.69, 9.17) is 0 Å². The quantitative estimate of drug-likeness (QED) is 0.912. The highest BCUT2D eigenvalue weighted by molar-refractivity contribution is 5.32. The van der Waals surface area contributed by atoms with E-state index >= 15 is 0 Å². The largest absolute Gasteiger partial charge is 0.317 e. The summed E-state index contributed by atoms with van der Waals surface area (Å²) in [6.45, 7) is 6.18. The zero-order valence-electron chi connectivity index (χ0n) is 13.6. The van der Waals surface area contributed by atoms with Crippen LogP contribution < -0.4 is 5.32 Å². The van der Waals surface area contributed by atoms with Crippen LogP contribution in [-0.2, 0) is 6.42 Å². The summed E-state index contributed by atoms with van der Waals surface area (Å²) in [6.07, 6.45) is 6.78. The van der Waals surface area contributed by atoms with Crippen molar-refractivity contribution in [3.8, 4) is 0 Å². The molecule has 2 aliphatic rings. The van der Waals surface area contributed by atoms with Crippen LogP contribution in [0.25, 0.3) is 0 Å². The lowest BCUT2D eigenvalue weighted by Gasteiger charge is -2.38. The van der Waals surface area contributed by atoms with E-state index in [9.17, 15) is 0 Å². The van der Waals surface area contributed by atoms with Crippen molar-refractivity contribution >= 4 is 0 Å². The third-order valence-corrected chi connectivity index (χ3v) is 5.68. The van der Waals surface area contributed by atoms with Crippen LogP contribution in [0.4, 0.5) is 0 Å². The van der Waals surface area contributed by atoms with Crippen LogP contribution in [0.3, 0.4) is 0 Å². The summed E-state index contributed by atoms with van der Waals surface area (Å²) >= 11 is 0. The second-order valence-electron chi connectivity index (χ2n) is 7.03. The Balaban J connectivity index is 1.64. The fourth-order valence-electron chi connectivity index (χ4n) is 4.26. The Morgan fingerprint density at radius 3 is 2.95 bits per heavy atom. The molecular weight excluding hydrogens is 256 g/mol. The molecule has 1 heterocycles. The van der Waals surface area contributed by atoms with E-state index in [-0.39, 0.29) is 0 Å². The highest BCUT2D eigenvalue weighted by atomic mass is 15.1. The molecule has 3 atom stereocenters. The molecule has 0 bridgehead atoms. The molecular formula is C19H30N2. The molecule has 1 saturated heterocycles. The van der Waals surface area contributed by atoms with Gasteiger partial charge in [-0.3, -0.25) is 0 Å². The highest BCUT2D eigenvalue weighted by Crippen LogP contribution is 2.33. The zero-order valence-corrected chi connectivity index (χ0v) is 13.6. The maximum Gasteiger partial charge on any atom is 0.00762 e. The van der Waals surface area contributed by atoms with Gasteiger partial charge in [0.2, 0.25) is 0 Å². The van der Waals surface area contributed by atoms with E-state index in [1.807, 2.05) is 0 Å². The molecule has 0 aromatic heterocycles. The molecule has 3 rings (SSSR count). The van der Waals surface area contributed by atoms with Crippen molar-refractivity contribution in [1.82, 2.24) is 10.2 Å². The minimum Gasteiger partial charge on any atom is -0.317 e. The third kappa shape index (κ3) is 3.49. The van der Waals surface area contributed by atoms with Crippen molar-refractivity contribution < 1.29 is 0 Å². The number of rotatable bonds is 4. The first-order valence-electron chi connectivity index (χ1n) is 8.75. The molecule has 0 spiro atoms. The third-order valence-electron chi connectivity index (χ3n) is 5.68. The van der Waals surface area contributed by atoms with E-state index < -0.39 is 0 Å². The number of piperidine rings is 1. The molecule has 2 heteroatoms. The average Bonchev–Trinajstić information content (AvgIpc) is 2.55. The Labute approximate surface area is 129 Å². The van der Waals surface area contributed by atoms with E-state index in [1.54, 1.807) is 11.1 Å².